The van der Waals surface area contributed by atoms with E-state index in [1.807, 2.05) is 0 Å². The number of hydrogen-bond donors (Lipinski definition) is 0. The zero-order valence-electron chi connectivity index (χ0n) is 5.99. The highest BCUT2D eigenvalue weighted by Gasteiger charge is 2.03. The van der Waals surface area contributed by atoms with Gasteiger partial charge in [-0.15, -0.1) is 0 Å². The average molecular weight is 155 g/mol. The molecule has 0 saturated carbocycles. The molecule has 0 aromatic heterocycles. The van der Waals surface area contributed by atoms with E-state index in [-0.39, 0.29) is 0 Å². The van der Waals surface area contributed by atoms with Gasteiger partial charge in [0.25, 0.3) is 0 Å². The van der Waals surface area contributed by atoms with Gasteiger partial charge in [0, 0.05) is 0 Å². The smallest absolute Gasteiger partial charge is 0.306 e. The molecular formula is C6H12F3N. The molecule has 0 aromatic carbocycles. The van der Waals surface area contributed by atoms with E-state index in [1.165, 1.54) is 25.9 Å². The molecule has 0 amide bonds. The largest absolute Gasteiger partial charge is 0.379 e. The van der Waals surface area contributed by atoms with Crippen molar-refractivity contribution < 1.29 is 13.2 Å². The zero-order valence-corrected chi connectivity index (χ0v) is 5.99. The molecule has 1 aliphatic rings. The van der Waals surface area contributed by atoms with Crippen LogP contribution in [0.25, 0.3) is 0 Å². The lowest BCUT2D eigenvalue weighted by Gasteiger charge is -2.01. The lowest BCUT2D eigenvalue weighted by Crippen LogP contribution is -2.10. The summed E-state index contributed by atoms with van der Waals surface area (Å²) < 4.78 is 29.0. The maximum absolute atomic E-state index is 9.67. The molecule has 1 heterocycles. The van der Waals surface area contributed by atoms with Gasteiger partial charge in [-0.05, 0) is 33.0 Å². The van der Waals surface area contributed by atoms with E-state index in [1.54, 1.807) is 0 Å². The van der Waals surface area contributed by atoms with Crippen LogP contribution in [0.4, 0.5) is 13.2 Å². The van der Waals surface area contributed by atoms with E-state index in [4.69, 9.17) is 0 Å². The van der Waals surface area contributed by atoms with Gasteiger partial charge in [0.15, 0.2) is 0 Å². The fourth-order valence-electron chi connectivity index (χ4n) is 0.875. The Bertz CT molecular complexity index is 68.6. The second-order valence-corrected chi connectivity index (χ2v) is 2.26. The first-order valence-electron chi connectivity index (χ1n) is 3.23. The molecule has 0 unspecified atom stereocenters. The van der Waals surface area contributed by atoms with Crippen LogP contribution in [-0.4, -0.2) is 31.7 Å². The predicted molar refractivity (Wildman–Crippen MR) is 33.8 cm³/mol. The molecule has 1 rings (SSSR count). The minimum absolute atomic E-state index is 1.32. The Kier molecular flexibility index (Phi) is 5.39. The summed E-state index contributed by atoms with van der Waals surface area (Å²) in [6.45, 7) is -1.03. The molecule has 0 bridgehead atoms. The Morgan fingerprint density at radius 1 is 1.10 bits per heavy atom. The number of halogens is 3. The van der Waals surface area contributed by atoms with Crippen molar-refractivity contribution in [3.8, 4) is 0 Å². The number of likely N-dealkylation sites (tertiary alicyclic amines) is 1. The maximum atomic E-state index is 9.67. The van der Waals surface area contributed by atoms with Crippen molar-refractivity contribution in [2.24, 2.45) is 0 Å². The highest BCUT2D eigenvalue weighted by atomic mass is 19.4. The molecular weight excluding hydrogens is 143 g/mol. The Morgan fingerprint density at radius 2 is 1.40 bits per heavy atom. The van der Waals surface area contributed by atoms with Crippen LogP contribution in [0.5, 0.6) is 0 Å². The molecule has 0 atom stereocenters. The van der Waals surface area contributed by atoms with Gasteiger partial charge in [-0.1, -0.05) is 0 Å². The molecule has 62 valence electrons. The summed E-state index contributed by atoms with van der Waals surface area (Å²) in [6, 6.07) is 0. The molecule has 1 nitrogen and oxygen atoms in total. The van der Waals surface area contributed by atoms with E-state index in [0.717, 1.165) is 0 Å². The fourth-order valence-corrected chi connectivity index (χ4v) is 0.875. The monoisotopic (exact) mass is 155 g/mol. The molecule has 0 spiro atoms. The number of hydrogen-bond acceptors (Lipinski definition) is 1. The Hall–Kier alpha value is -0.250. The minimum Gasteiger partial charge on any atom is -0.306 e. The summed E-state index contributed by atoms with van der Waals surface area (Å²) in [7, 11) is 2.17. The Balaban J connectivity index is 0.000000180. The van der Waals surface area contributed by atoms with Crippen LogP contribution in [0, 0.1) is 0 Å². The molecule has 0 radical (unpaired) electrons. The third-order valence-corrected chi connectivity index (χ3v) is 1.33. The van der Waals surface area contributed by atoms with Gasteiger partial charge in [-0.2, -0.15) is 13.2 Å². The molecule has 10 heavy (non-hydrogen) atoms. The first-order chi connectivity index (χ1) is 4.63. The van der Waals surface area contributed by atoms with Crippen molar-refractivity contribution in [1.82, 2.24) is 4.90 Å². The second-order valence-electron chi connectivity index (χ2n) is 2.26. The highest BCUT2D eigenvalue weighted by Crippen LogP contribution is 2.02. The minimum atomic E-state index is -3.67. The van der Waals surface area contributed by atoms with Gasteiger partial charge in [0.05, 0.1) is 0 Å². The van der Waals surface area contributed by atoms with Crippen LogP contribution in [0.3, 0.4) is 0 Å². The molecule has 0 aliphatic carbocycles. The quantitative estimate of drug-likeness (QED) is 0.516. The molecule has 1 saturated heterocycles. The lowest BCUT2D eigenvalue weighted by molar-refractivity contribution is 0.00819. The zero-order chi connectivity index (χ0) is 7.98. The Labute approximate surface area is 58.8 Å². The predicted octanol–water partition coefficient (Wildman–Crippen LogP) is 1.89. The summed E-state index contributed by atoms with van der Waals surface area (Å²) >= 11 is 0. The van der Waals surface area contributed by atoms with Gasteiger partial charge in [0.2, 0.25) is 0 Å². The van der Waals surface area contributed by atoms with Gasteiger partial charge in [-0.3, -0.25) is 0 Å². The molecule has 0 aromatic rings. The van der Waals surface area contributed by atoms with Gasteiger partial charge in [0.1, 0.15) is 0 Å². The van der Waals surface area contributed by atoms with Crippen LogP contribution in [0.1, 0.15) is 12.8 Å². The Morgan fingerprint density at radius 3 is 1.50 bits per heavy atom. The van der Waals surface area contributed by atoms with E-state index >= 15 is 0 Å². The van der Waals surface area contributed by atoms with Crippen molar-refractivity contribution in [3.05, 3.63) is 0 Å². The average Bonchev–Trinajstić information content (AvgIpc) is 2.15. The third kappa shape index (κ3) is 7.75. The normalized spacial score (nSPS) is 18.9. The van der Waals surface area contributed by atoms with E-state index in [9.17, 15) is 13.2 Å². The van der Waals surface area contributed by atoms with Gasteiger partial charge < -0.3 is 4.90 Å². The summed E-state index contributed by atoms with van der Waals surface area (Å²) in [4.78, 5) is 2.36. The fraction of sp³-hybridized carbons (Fsp3) is 1.00. The van der Waals surface area contributed by atoms with Crippen LogP contribution in [0.2, 0.25) is 0 Å². The van der Waals surface area contributed by atoms with Crippen molar-refractivity contribution in [3.63, 3.8) is 0 Å². The van der Waals surface area contributed by atoms with Crippen molar-refractivity contribution in [2.45, 2.75) is 19.5 Å². The first kappa shape index (κ1) is 9.75. The van der Waals surface area contributed by atoms with E-state index in [0.29, 0.717) is 0 Å². The van der Waals surface area contributed by atoms with E-state index in [2.05, 4.69) is 11.9 Å². The second kappa shape index (κ2) is 5.53. The van der Waals surface area contributed by atoms with Crippen LogP contribution < -0.4 is 0 Å². The molecule has 0 N–H and O–H groups in total. The molecule has 1 aliphatic heterocycles. The molecule has 4 heteroatoms. The summed E-state index contributed by atoms with van der Waals surface area (Å²) in [6.07, 6.45) is 2.83. The maximum Gasteiger partial charge on any atom is 0.379 e. The van der Waals surface area contributed by atoms with Crippen LogP contribution in [-0.2, 0) is 0 Å². The number of alkyl halides is 3. The van der Waals surface area contributed by atoms with Gasteiger partial charge in [-0.25, -0.2) is 0 Å². The number of rotatable bonds is 0. The first-order valence-corrected chi connectivity index (χ1v) is 3.23. The topological polar surface area (TPSA) is 3.24 Å². The summed E-state index contributed by atoms with van der Waals surface area (Å²) in [5, 5.41) is 0. The van der Waals surface area contributed by atoms with Gasteiger partial charge >= 0.3 is 6.68 Å². The number of nitrogens with zero attached hydrogens (tertiary/aromatic N) is 1. The lowest BCUT2D eigenvalue weighted by atomic mass is 10.4. The SMILES string of the molecule is CN1CCCC1.FC(F)F. The standard InChI is InChI=1S/C5H11N.CHF3/c1-6-4-2-3-5-6;2-1(3)4/h2-5H2,1H3;1H. The van der Waals surface area contributed by atoms with Crippen LogP contribution >= 0.6 is 0 Å². The van der Waals surface area contributed by atoms with Crippen LogP contribution in [0.15, 0.2) is 0 Å². The van der Waals surface area contributed by atoms with Crippen molar-refractivity contribution in [1.29, 1.82) is 0 Å². The third-order valence-electron chi connectivity index (χ3n) is 1.33. The summed E-state index contributed by atoms with van der Waals surface area (Å²) in [5.41, 5.74) is 0. The van der Waals surface area contributed by atoms with E-state index < -0.39 is 6.68 Å². The van der Waals surface area contributed by atoms with Crippen molar-refractivity contribution >= 4 is 0 Å². The summed E-state index contributed by atoms with van der Waals surface area (Å²) in [5.74, 6) is 0. The highest BCUT2D eigenvalue weighted by molar-refractivity contribution is 4.59. The van der Waals surface area contributed by atoms with Crippen molar-refractivity contribution in [2.75, 3.05) is 20.1 Å². The molecule has 1 fully saturated rings.